The lowest BCUT2D eigenvalue weighted by atomic mass is 9.85. The quantitative estimate of drug-likeness (QED) is 0.429. The average Bonchev–Trinajstić information content (AvgIpc) is 3.31. The molecule has 2 amide bonds. The first-order valence-corrected chi connectivity index (χ1v) is 13.8. The molecule has 3 heterocycles. The van der Waals surface area contributed by atoms with Crippen molar-refractivity contribution < 1.29 is 32.3 Å². The molecule has 12 heteroatoms. The van der Waals surface area contributed by atoms with Gasteiger partial charge in [-0.15, -0.1) is 0 Å². The molecule has 1 unspecified atom stereocenters. The van der Waals surface area contributed by atoms with Crippen molar-refractivity contribution in [1.82, 2.24) is 14.9 Å². The molecule has 1 saturated heterocycles. The first kappa shape index (κ1) is 28.6. The number of amides is 2. The number of alkyl halides is 3. The highest BCUT2D eigenvalue weighted by atomic mass is 19.4. The highest BCUT2D eigenvalue weighted by Crippen LogP contribution is 2.35. The zero-order valence-corrected chi connectivity index (χ0v) is 22.4. The van der Waals surface area contributed by atoms with E-state index in [9.17, 15) is 27.9 Å². The summed E-state index contributed by atoms with van der Waals surface area (Å²) in [6.45, 7) is 2.13. The third kappa shape index (κ3) is 6.70. The minimum Gasteiger partial charge on any atom is -0.430 e. The van der Waals surface area contributed by atoms with E-state index in [0.717, 1.165) is 32.1 Å². The van der Waals surface area contributed by atoms with Gasteiger partial charge in [0.2, 0.25) is 11.7 Å². The Balaban J connectivity index is 1.22. The molecule has 41 heavy (non-hydrogen) atoms. The fourth-order valence-corrected chi connectivity index (χ4v) is 5.41. The predicted octanol–water partition coefficient (Wildman–Crippen LogP) is 4.99. The van der Waals surface area contributed by atoms with Gasteiger partial charge in [0.1, 0.15) is 11.9 Å². The van der Waals surface area contributed by atoms with Crippen LogP contribution in [0.15, 0.2) is 53.1 Å². The number of oxazole rings is 1. The predicted molar refractivity (Wildman–Crippen MR) is 145 cm³/mol. The number of aromatic nitrogens is 2. The highest BCUT2D eigenvalue weighted by molar-refractivity contribution is 6.03. The number of carbonyl (C=O) groups is 2. The number of hydrogen-bond acceptors (Lipinski definition) is 7. The molecule has 2 aliphatic rings. The van der Waals surface area contributed by atoms with E-state index in [1.165, 1.54) is 18.3 Å². The number of pyridine rings is 1. The maximum absolute atomic E-state index is 13.6. The van der Waals surface area contributed by atoms with Gasteiger partial charge < -0.3 is 24.6 Å². The Hall–Kier alpha value is -3.93. The smallest absolute Gasteiger partial charge is 0.430 e. The van der Waals surface area contributed by atoms with Gasteiger partial charge in [-0.05, 0) is 49.4 Å². The lowest BCUT2D eigenvalue weighted by Gasteiger charge is -2.30. The molecule has 5 rings (SSSR count). The maximum atomic E-state index is 13.6. The largest absolute Gasteiger partial charge is 0.437 e. The van der Waals surface area contributed by atoms with Crippen LogP contribution in [0.3, 0.4) is 0 Å². The van der Waals surface area contributed by atoms with Crippen LogP contribution in [0.2, 0.25) is 0 Å². The molecule has 1 aliphatic heterocycles. The number of nitrogens with one attached hydrogen (secondary N) is 1. The second-order valence-corrected chi connectivity index (χ2v) is 10.4. The Morgan fingerprint density at radius 1 is 0.976 bits per heavy atom. The number of rotatable bonds is 6. The Morgan fingerprint density at radius 3 is 2.41 bits per heavy atom. The Bertz CT molecular complexity index is 1340. The van der Waals surface area contributed by atoms with Crippen LogP contribution in [0.4, 0.5) is 24.7 Å². The summed E-state index contributed by atoms with van der Waals surface area (Å²) < 4.78 is 46.1. The van der Waals surface area contributed by atoms with Crippen LogP contribution >= 0.6 is 0 Å². The van der Waals surface area contributed by atoms with E-state index < -0.39 is 29.6 Å². The van der Waals surface area contributed by atoms with Gasteiger partial charge >= 0.3 is 6.18 Å². The summed E-state index contributed by atoms with van der Waals surface area (Å²) >= 11 is 0. The number of hydrogen-bond donors (Lipinski definition) is 2. The SMILES string of the molecule is O=C(Nc1ccc(N2CCCN(C(=O)C(O)C3CCCCC3)CC2)nc1)c1oc(-c2ccccc2)nc1C(F)(F)F. The second kappa shape index (κ2) is 12.3. The zero-order chi connectivity index (χ0) is 29.0. The molecule has 2 aromatic heterocycles. The number of carbonyl (C=O) groups excluding carboxylic acids is 2. The first-order valence-electron chi connectivity index (χ1n) is 13.8. The molecular weight excluding hydrogens is 539 g/mol. The lowest BCUT2D eigenvalue weighted by molar-refractivity contribution is -0.143. The maximum Gasteiger partial charge on any atom is 0.437 e. The molecule has 1 aliphatic carbocycles. The number of aliphatic hydroxyl groups is 1. The highest BCUT2D eigenvalue weighted by Gasteiger charge is 2.41. The minimum atomic E-state index is -4.89. The molecule has 1 atom stereocenters. The summed E-state index contributed by atoms with van der Waals surface area (Å²) in [5, 5.41) is 13.1. The Kier molecular flexibility index (Phi) is 8.57. The summed E-state index contributed by atoms with van der Waals surface area (Å²) in [5.74, 6) is -1.93. The van der Waals surface area contributed by atoms with Crippen LogP contribution in [0, 0.1) is 5.92 Å². The Labute approximate surface area is 235 Å². The molecule has 218 valence electrons. The van der Waals surface area contributed by atoms with E-state index in [0.29, 0.717) is 44.0 Å². The van der Waals surface area contributed by atoms with Crippen molar-refractivity contribution in [2.24, 2.45) is 5.92 Å². The molecule has 1 saturated carbocycles. The standard InChI is InChI=1S/C29H32F3N5O4/c30-29(31,32)25-24(41-27(35-25)20-10-5-2-6-11-20)26(39)34-21-12-13-22(33-18-21)36-14-7-15-37(17-16-36)28(40)23(38)19-8-3-1-4-9-19/h2,5-6,10-13,18-19,23,38H,1,3-4,7-9,14-17H2,(H,34,39). The second-order valence-electron chi connectivity index (χ2n) is 10.4. The molecule has 1 aromatic carbocycles. The topological polar surface area (TPSA) is 112 Å². The van der Waals surface area contributed by atoms with Crippen LogP contribution in [-0.4, -0.2) is 64.1 Å². The van der Waals surface area contributed by atoms with E-state index in [2.05, 4.69) is 15.3 Å². The fourth-order valence-electron chi connectivity index (χ4n) is 5.41. The minimum absolute atomic E-state index is 0.0223. The zero-order valence-electron chi connectivity index (χ0n) is 22.4. The fraction of sp³-hybridized carbons (Fsp3) is 0.448. The van der Waals surface area contributed by atoms with Crippen molar-refractivity contribution in [2.45, 2.75) is 50.8 Å². The van der Waals surface area contributed by atoms with Crippen LogP contribution in [-0.2, 0) is 11.0 Å². The van der Waals surface area contributed by atoms with Crippen LogP contribution in [0.25, 0.3) is 11.5 Å². The van der Waals surface area contributed by atoms with E-state index in [1.54, 1.807) is 35.2 Å². The van der Waals surface area contributed by atoms with Crippen molar-refractivity contribution in [3.05, 3.63) is 60.1 Å². The first-order chi connectivity index (χ1) is 19.7. The molecule has 2 N–H and O–H groups in total. The van der Waals surface area contributed by atoms with Crippen LogP contribution in [0.5, 0.6) is 0 Å². The average molecular weight is 572 g/mol. The molecule has 2 fully saturated rings. The van der Waals surface area contributed by atoms with Crippen molar-refractivity contribution in [3.63, 3.8) is 0 Å². The molecule has 0 bridgehead atoms. The van der Waals surface area contributed by atoms with Crippen molar-refractivity contribution in [3.8, 4) is 11.5 Å². The summed E-state index contributed by atoms with van der Waals surface area (Å²) in [6.07, 6.45) is 1.19. The van der Waals surface area contributed by atoms with Gasteiger partial charge in [-0.3, -0.25) is 9.59 Å². The van der Waals surface area contributed by atoms with Gasteiger partial charge in [0.05, 0.1) is 11.9 Å². The molecule has 3 aromatic rings. The van der Waals surface area contributed by atoms with Gasteiger partial charge in [-0.25, -0.2) is 9.97 Å². The normalized spacial score (nSPS) is 17.7. The van der Waals surface area contributed by atoms with Crippen LogP contribution < -0.4 is 10.2 Å². The van der Waals surface area contributed by atoms with Gasteiger partial charge in [0, 0.05) is 31.7 Å². The molecule has 0 spiro atoms. The molecular formula is C29H32F3N5O4. The summed E-state index contributed by atoms with van der Waals surface area (Å²) in [4.78, 5) is 37.4. The Morgan fingerprint density at radius 2 is 1.73 bits per heavy atom. The number of aliphatic hydroxyl groups excluding tert-OH is 1. The van der Waals surface area contributed by atoms with Crippen LogP contribution in [0.1, 0.15) is 54.8 Å². The summed E-state index contributed by atoms with van der Waals surface area (Å²) in [5.41, 5.74) is -0.910. The van der Waals surface area contributed by atoms with E-state index in [-0.39, 0.29) is 23.4 Å². The number of benzene rings is 1. The third-order valence-electron chi connectivity index (χ3n) is 7.61. The number of halogens is 3. The van der Waals surface area contributed by atoms with Gasteiger partial charge in [0.25, 0.3) is 11.8 Å². The summed E-state index contributed by atoms with van der Waals surface area (Å²) in [7, 11) is 0. The monoisotopic (exact) mass is 571 g/mol. The van der Waals surface area contributed by atoms with E-state index in [4.69, 9.17) is 4.42 Å². The van der Waals surface area contributed by atoms with Crippen molar-refractivity contribution in [2.75, 3.05) is 36.4 Å². The lowest BCUT2D eigenvalue weighted by Crippen LogP contribution is -2.44. The van der Waals surface area contributed by atoms with Crippen molar-refractivity contribution in [1.29, 1.82) is 0 Å². The van der Waals surface area contributed by atoms with E-state index >= 15 is 0 Å². The number of nitrogens with zero attached hydrogens (tertiary/aromatic N) is 4. The molecule has 9 nitrogen and oxygen atoms in total. The third-order valence-corrected chi connectivity index (χ3v) is 7.61. The number of anilines is 2. The van der Waals surface area contributed by atoms with Gasteiger partial charge in [-0.2, -0.15) is 13.2 Å². The summed E-state index contributed by atoms with van der Waals surface area (Å²) in [6, 6.07) is 11.2. The van der Waals surface area contributed by atoms with Crippen molar-refractivity contribution >= 4 is 23.3 Å². The molecule has 0 radical (unpaired) electrons. The van der Waals surface area contributed by atoms with E-state index in [1.807, 2.05) is 4.90 Å². The van der Waals surface area contributed by atoms with Gasteiger partial charge in [-0.1, -0.05) is 37.5 Å². The van der Waals surface area contributed by atoms with Gasteiger partial charge in [0.15, 0.2) is 5.69 Å².